The molecule has 608 valence electrons. The van der Waals surface area contributed by atoms with Crippen LogP contribution in [0.15, 0.2) is 144 Å². The second kappa shape index (κ2) is 35.2. The zero-order valence-electron chi connectivity index (χ0n) is 66.8. The molecule has 22 atom stereocenters. The Morgan fingerprint density at radius 3 is 1.30 bits per heavy atom. The Kier molecular flexibility index (Phi) is 25.8. The molecule has 4 aromatic rings. The largest absolute Gasteiger partial charge is 0.480 e. The van der Waals surface area contributed by atoms with E-state index < -0.39 is 30.7 Å². The van der Waals surface area contributed by atoms with E-state index in [9.17, 15) is 33.9 Å². The highest BCUT2D eigenvalue weighted by molar-refractivity contribution is 5.78. The molecule has 8 aliphatic carbocycles. The average molecular weight is 1540 g/mol. The van der Waals surface area contributed by atoms with Crippen molar-refractivity contribution in [2.75, 3.05) is 26.2 Å². The number of benzene rings is 4. The molecular weight excluding hydrogens is 1410 g/mol. The van der Waals surface area contributed by atoms with E-state index in [1.54, 1.807) is 16.7 Å². The lowest BCUT2D eigenvalue weighted by atomic mass is 9.52. The summed E-state index contributed by atoms with van der Waals surface area (Å²) in [6, 6.07) is 38.7. The fraction of sp³-hybridized carbons (Fsp3) is 0.634. The number of piperidine rings is 2. The Morgan fingerprint density at radius 2 is 0.884 bits per heavy atom. The molecule has 4 saturated heterocycles. The number of esters is 1. The molecule has 19 nitrogen and oxygen atoms in total. The van der Waals surface area contributed by atoms with Gasteiger partial charge in [-0.2, -0.15) is 0 Å². The number of nitrogens with one attached hydrogen (secondary N) is 2. The number of likely N-dealkylation sites (tertiary alicyclic amines) is 2. The van der Waals surface area contributed by atoms with Gasteiger partial charge in [0.1, 0.15) is 45.6 Å². The van der Waals surface area contributed by atoms with Gasteiger partial charge in [0.2, 0.25) is 0 Å². The van der Waals surface area contributed by atoms with Crippen molar-refractivity contribution in [1.29, 1.82) is 0 Å². The molecule has 16 rings (SSSR count). The molecule has 4 amide bonds. The first-order chi connectivity index (χ1) is 53.4. The normalized spacial score (nSPS) is 35.8. The van der Waals surface area contributed by atoms with Crippen LogP contribution in [0.4, 0.5) is 19.2 Å². The van der Waals surface area contributed by atoms with Gasteiger partial charge in [0, 0.05) is 24.9 Å². The van der Waals surface area contributed by atoms with Gasteiger partial charge in [0.05, 0.1) is 41.6 Å². The number of aliphatic carboxylic acids is 1. The van der Waals surface area contributed by atoms with Crippen molar-refractivity contribution in [1.82, 2.24) is 20.4 Å². The summed E-state index contributed by atoms with van der Waals surface area (Å²) < 4.78 is 42.2. The molecule has 4 aromatic carbocycles. The standard InChI is InChI=1S/C46H60N2O7.C36H51NO4.C10H11NO4.CH4/c1-29-21-40-42(48(26-29)44(51)53-28-33-13-9-6-10-14-33)31(3)46(55-40)20-18-36-37-16-15-34-22-35(17-19-45(34,4)39(37)23-38(36)30(2)24-46)54-41(49)25-47-43(50)52-27-32-11-7-5-8-12-32;1-22-16-32-33(37(20-22)34(39)40-21-25-8-6-5-7-9-25)24(3)36(41-32)15-13-28-29-11-10-26-17-27(38)12-14-35(26,4)31(29)18-30(28)23(2)19-36;12-9(13)6-11-10(14)15-7-8-4-2-1-3-5-8;/h5-14,29,31,34-37,39-40,42H,15-28H2,1-4H3,(H,47,50);5-9,22,24,26-29,31-33,38H,10-21H2,1-4H3;1-5H,6-7H2,(H,11,14)(H,12,13);1H4/t29-,31+,34+,35+,36-,37-,39-,40+,42-,45-,46-;22-,24+,26+,27+,28-,29-,31-,32+,33-,35-,36-;;/m00../s1. The van der Waals surface area contributed by atoms with Gasteiger partial charge >= 0.3 is 36.3 Å². The van der Waals surface area contributed by atoms with Crippen LogP contribution in [0.2, 0.25) is 0 Å². The van der Waals surface area contributed by atoms with Gasteiger partial charge in [-0.05, 0) is 235 Å². The highest BCUT2D eigenvalue weighted by atomic mass is 16.6. The maximum Gasteiger partial charge on any atom is 0.410 e. The molecule has 2 spiro atoms. The third-order valence-corrected chi connectivity index (χ3v) is 29.8. The maximum atomic E-state index is 13.7. The summed E-state index contributed by atoms with van der Waals surface area (Å²) in [6.45, 7) is 20.8. The van der Waals surface area contributed by atoms with E-state index in [1.165, 1.54) is 56.9 Å². The lowest BCUT2D eigenvalue weighted by Gasteiger charge is -2.54. The number of carbonyl (C=O) groups is 6. The summed E-state index contributed by atoms with van der Waals surface area (Å²) in [4.78, 5) is 77.2. The molecule has 0 bridgehead atoms. The maximum absolute atomic E-state index is 13.7. The van der Waals surface area contributed by atoms with Gasteiger partial charge in [-0.15, -0.1) is 0 Å². The SMILES string of the molecule is C.CC1=C2C[C@H]3[C@@H](CC[C@@H]4C[C@H](O)CC[C@@]43C)[C@@H]2CC[C@@]2(C1)O[C@@H]1C[C@H](C)CN(C(=O)OCc3ccccc3)[C@H]1[C@H]2C.CC1=C2C[C@H]3[C@@H](CC[C@@H]4C[C@H](OC(=O)CNC(=O)OCc5ccccc5)CC[C@@]43C)[C@@H]2CC[C@@]2(C1)O[C@@H]1C[C@H](C)CN(C(=O)OCc3ccccc3)[C@H]1[C@H]2C.O=C(O)CNC(=O)OCc1ccccc1. The van der Waals surface area contributed by atoms with Crippen LogP contribution in [0.3, 0.4) is 0 Å². The van der Waals surface area contributed by atoms with E-state index in [1.807, 2.05) is 131 Å². The molecule has 112 heavy (non-hydrogen) atoms. The van der Waals surface area contributed by atoms with Crippen LogP contribution in [-0.2, 0) is 69.2 Å². The number of alkyl carbamates (subject to hydrolysis) is 2. The lowest BCUT2D eigenvalue weighted by Crippen LogP contribution is -2.54. The van der Waals surface area contributed by atoms with Crippen molar-refractivity contribution in [2.45, 2.75) is 265 Å². The molecule has 4 N–H and O–H groups in total. The minimum atomic E-state index is -1.10. The first kappa shape index (κ1) is 82.2. The highest BCUT2D eigenvalue weighted by Crippen LogP contribution is 2.68. The smallest absolute Gasteiger partial charge is 0.410 e. The van der Waals surface area contributed by atoms with Crippen molar-refractivity contribution in [3.8, 4) is 0 Å². The first-order valence-corrected chi connectivity index (χ1v) is 42.1. The van der Waals surface area contributed by atoms with Gasteiger partial charge < -0.3 is 63.8 Å². The summed E-state index contributed by atoms with van der Waals surface area (Å²) in [5, 5.41) is 23.3. The number of aliphatic hydroxyl groups is 1. The predicted molar refractivity (Wildman–Crippen MR) is 427 cm³/mol. The third-order valence-electron chi connectivity index (χ3n) is 29.8. The number of aliphatic hydroxyl groups excluding tert-OH is 1. The topological polar surface area (TPSA) is 238 Å². The average Bonchev–Trinajstić information content (AvgIpc) is 1.56. The van der Waals surface area contributed by atoms with Crippen LogP contribution in [0.1, 0.15) is 213 Å². The van der Waals surface area contributed by atoms with Crippen LogP contribution in [0.5, 0.6) is 0 Å². The quantitative estimate of drug-likeness (QED) is 0.0553. The number of ether oxygens (including phenoxy) is 7. The summed E-state index contributed by atoms with van der Waals surface area (Å²) in [5.41, 5.74) is 10.5. The molecule has 0 unspecified atom stereocenters. The lowest BCUT2D eigenvalue weighted by molar-refractivity contribution is -0.155. The fourth-order valence-electron chi connectivity index (χ4n) is 24.2. The van der Waals surface area contributed by atoms with Gasteiger partial charge in [-0.3, -0.25) is 9.59 Å². The first-order valence-electron chi connectivity index (χ1n) is 42.1. The Morgan fingerprint density at radius 1 is 0.491 bits per heavy atom. The van der Waals surface area contributed by atoms with Crippen molar-refractivity contribution in [2.24, 2.45) is 81.8 Å². The summed E-state index contributed by atoms with van der Waals surface area (Å²) in [7, 11) is 0. The molecule has 12 aliphatic rings. The number of carbonyl (C=O) groups excluding carboxylic acids is 5. The second-order valence-electron chi connectivity index (χ2n) is 36.4. The van der Waals surface area contributed by atoms with Crippen LogP contribution < -0.4 is 10.6 Å². The zero-order chi connectivity index (χ0) is 77.9. The van der Waals surface area contributed by atoms with Crippen LogP contribution in [-0.4, -0.2) is 130 Å². The van der Waals surface area contributed by atoms with Crippen molar-refractivity contribution in [3.05, 3.63) is 166 Å². The number of nitrogens with zero attached hydrogens (tertiary/aromatic N) is 2. The van der Waals surface area contributed by atoms with Crippen LogP contribution in [0, 0.1) is 81.8 Å². The van der Waals surface area contributed by atoms with E-state index in [2.05, 4.69) is 66.0 Å². The van der Waals surface area contributed by atoms with E-state index >= 15 is 0 Å². The second-order valence-corrected chi connectivity index (χ2v) is 36.4. The minimum Gasteiger partial charge on any atom is -0.480 e. The van der Waals surface area contributed by atoms with Gasteiger partial charge in [-0.25, -0.2) is 19.2 Å². The zero-order valence-corrected chi connectivity index (χ0v) is 66.8. The Balaban J connectivity index is 0.000000169. The van der Waals surface area contributed by atoms with E-state index in [0.717, 1.165) is 118 Å². The van der Waals surface area contributed by atoms with Crippen LogP contribution >= 0.6 is 0 Å². The highest BCUT2D eigenvalue weighted by Gasteiger charge is 2.64. The summed E-state index contributed by atoms with van der Waals surface area (Å²) in [5.74, 6) is 5.14. The van der Waals surface area contributed by atoms with Crippen molar-refractivity contribution in [3.63, 3.8) is 0 Å². The number of amides is 4. The van der Waals surface area contributed by atoms with E-state index in [4.69, 9.17) is 38.3 Å². The fourth-order valence-corrected chi connectivity index (χ4v) is 24.2. The Hall–Kier alpha value is -7.74. The monoisotopic (exact) mass is 1540 g/mol. The van der Waals surface area contributed by atoms with Gasteiger partial charge in [-0.1, -0.05) is 193 Å². The Labute approximate surface area is 664 Å². The van der Waals surface area contributed by atoms with E-state index in [0.29, 0.717) is 65.9 Å². The van der Waals surface area contributed by atoms with Gasteiger partial charge in [0.15, 0.2) is 0 Å². The molecule has 19 heteroatoms. The summed E-state index contributed by atoms with van der Waals surface area (Å²) in [6.07, 6.45) is 20.1. The molecular formula is C93H126N4O15. The molecule has 10 fully saturated rings. The van der Waals surface area contributed by atoms with Crippen molar-refractivity contribution >= 4 is 36.3 Å². The van der Waals surface area contributed by atoms with Crippen molar-refractivity contribution < 1.29 is 72.1 Å². The number of hydrogen-bond donors (Lipinski definition) is 4. The van der Waals surface area contributed by atoms with E-state index in [-0.39, 0.29) is 111 Å². The molecule has 0 aromatic heterocycles. The number of rotatable bonds is 13. The molecule has 6 saturated carbocycles. The number of carboxylic acids is 1. The third kappa shape index (κ3) is 17.6. The van der Waals surface area contributed by atoms with Crippen LogP contribution in [0.25, 0.3) is 0 Å². The molecule has 0 radical (unpaired) electrons. The number of fused-ring (bicyclic) bond motifs is 12. The number of allylic oxidation sites excluding steroid dienone is 2. The van der Waals surface area contributed by atoms with Gasteiger partial charge in [0.25, 0.3) is 0 Å². The summed E-state index contributed by atoms with van der Waals surface area (Å²) >= 11 is 0. The molecule has 4 heterocycles. The number of hydrogen-bond acceptors (Lipinski definition) is 14. The Bertz CT molecular complexity index is 3990. The minimum absolute atomic E-state index is 0. The predicted octanol–water partition coefficient (Wildman–Crippen LogP) is 18.2. The molecule has 4 aliphatic heterocycles. The number of carboxylic acid groups (broad SMARTS) is 1.